The van der Waals surface area contributed by atoms with Gasteiger partial charge < -0.3 is 10.1 Å². The first-order valence-corrected chi connectivity index (χ1v) is 10.1. The number of carbonyl (C=O) groups is 1. The monoisotopic (exact) mass is 417 g/mol. The molecule has 0 radical (unpaired) electrons. The molecular formula is C25H24FN3O2. The molecular weight excluding hydrogens is 393 g/mol. The van der Waals surface area contributed by atoms with E-state index in [1.807, 2.05) is 36.4 Å². The highest BCUT2D eigenvalue weighted by molar-refractivity contribution is 5.81. The van der Waals surface area contributed by atoms with E-state index in [0.717, 1.165) is 17.5 Å². The second kappa shape index (κ2) is 9.02. The lowest BCUT2D eigenvalue weighted by Crippen LogP contribution is -2.39. The maximum absolute atomic E-state index is 13.6. The quantitative estimate of drug-likeness (QED) is 0.673. The van der Waals surface area contributed by atoms with E-state index in [9.17, 15) is 19.7 Å². The molecule has 1 aliphatic carbocycles. The number of nitriles is 2. The molecule has 31 heavy (non-hydrogen) atoms. The van der Waals surface area contributed by atoms with Crippen LogP contribution in [-0.2, 0) is 11.2 Å². The van der Waals surface area contributed by atoms with Crippen LogP contribution in [0.15, 0.2) is 54.1 Å². The van der Waals surface area contributed by atoms with Crippen LogP contribution in [-0.4, -0.2) is 11.7 Å². The first-order chi connectivity index (χ1) is 14.7. The molecule has 1 N–H and O–H groups in total. The van der Waals surface area contributed by atoms with Crippen molar-refractivity contribution in [2.24, 2.45) is 5.92 Å². The van der Waals surface area contributed by atoms with Crippen LogP contribution in [0, 0.1) is 34.4 Å². The Kier molecular flexibility index (Phi) is 6.42. The summed E-state index contributed by atoms with van der Waals surface area (Å²) in [4.78, 5) is 12.7. The van der Waals surface area contributed by atoms with Gasteiger partial charge in [0.05, 0.1) is 6.04 Å². The number of hydrogen-bond donors (Lipinski definition) is 1. The number of benzene rings is 2. The zero-order chi connectivity index (χ0) is 22.6. The number of alkyl carbamates (subject to hydrolysis) is 1. The highest BCUT2D eigenvalue weighted by atomic mass is 19.1. The predicted octanol–water partition coefficient (Wildman–Crippen LogP) is 5.45. The first-order valence-electron chi connectivity index (χ1n) is 10.1. The SMILES string of the molecule is CC(C)(C)OC(=O)N[C@@H](c1ccc(F)cc1)[C@@H]1CCc2ccccc2C1=C(C#N)C#N. The third-order valence-electron chi connectivity index (χ3n) is 5.20. The summed E-state index contributed by atoms with van der Waals surface area (Å²) in [5, 5.41) is 22.2. The number of fused-ring (bicyclic) bond motifs is 1. The van der Waals surface area contributed by atoms with Crippen molar-refractivity contribution in [3.8, 4) is 12.1 Å². The molecule has 0 saturated heterocycles. The molecule has 2 aromatic carbocycles. The van der Waals surface area contributed by atoms with Crippen LogP contribution < -0.4 is 5.32 Å². The molecule has 158 valence electrons. The minimum absolute atomic E-state index is 0.00949. The molecule has 2 aromatic rings. The topological polar surface area (TPSA) is 85.9 Å². The summed E-state index contributed by atoms with van der Waals surface area (Å²) in [6, 6.07) is 16.9. The Labute approximate surface area is 181 Å². The van der Waals surface area contributed by atoms with Gasteiger partial charge in [-0.1, -0.05) is 36.4 Å². The van der Waals surface area contributed by atoms with Crippen molar-refractivity contribution in [2.45, 2.75) is 45.3 Å². The largest absolute Gasteiger partial charge is 0.444 e. The summed E-state index contributed by atoms with van der Waals surface area (Å²) in [6.45, 7) is 5.31. The Hall–Kier alpha value is -3.64. The van der Waals surface area contributed by atoms with E-state index in [0.29, 0.717) is 17.6 Å². The summed E-state index contributed by atoms with van der Waals surface area (Å²) in [6.07, 6.45) is 0.717. The van der Waals surface area contributed by atoms with Crippen LogP contribution in [0.1, 0.15) is 49.9 Å². The standard InChI is InChI=1S/C25H24FN3O2/c1-25(2,3)31-24(30)29-23(17-8-11-19(26)12-9-17)21-13-10-16-6-4-5-7-20(16)22(21)18(14-27)15-28/h4-9,11-12,21,23H,10,13H2,1-3H3,(H,29,30)/t21-,23+/m1/s1. The van der Waals surface area contributed by atoms with Crippen molar-refractivity contribution in [1.82, 2.24) is 5.32 Å². The van der Waals surface area contributed by atoms with Crippen molar-refractivity contribution in [3.05, 3.63) is 76.6 Å². The number of rotatable bonds is 3. The molecule has 0 unspecified atom stereocenters. The molecule has 3 rings (SSSR count). The van der Waals surface area contributed by atoms with E-state index in [4.69, 9.17) is 4.74 Å². The van der Waals surface area contributed by atoms with Gasteiger partial charge in [0, 0.05) is 5.92 Å². The maximum atomic E-state index is 13.6. The molecule has 2 atom stereocenters. The van der Waals surface area contributed by atoms with Gasteiger partial charge in [-0.15, -0.1) is 0 Å². The van der Waals surface area contributed by atoms with Gasteiger partial charge in [0.15, 0.2) is 0 Å². The van der Waals surface area contributed by atoms with E-state index in [-0.39, 0.29) is 17.3 Å². The fraction of sp³-hybridized carbons (Fsp3) is 0.320. The second-order valence-corrected chi connectivity index (χ2v) is 8.49. The molecule has 0 fully saturated rings. The third-order valence-corrected chi connectivity index (χ3v) is 5.20. The third kappa shape index (κ3) is 5.10. The Morgan fingerprint density at radius 1 is 1.13 bits per heavy atom. The minimum Gasteiger partial charge on any atom is -0.444 e. The summed E-state index contributed by atoms with van der Waals surface area (Å²) in [7, 11) is 0. The molecule has 0 saturated carbocycles. The highest BCUT2D eigenvalue weighted by Crippen LogP contribution is 2.44. The van der Waals surface area contributed by atoms with E-state index in [1.54, 1.807) is 32.9 Å². The molecule has 1 amide bonds. The second-order valence-electron chi connectivity index (χ2n) is 8.49. The predicted molar refractivity (Wildman–Crippen MR) is 115 cm³/mol. The molecule has 0 aromatic heterocycles. The Bertz CT molecular complexity index is 1070. The first kappa shape index (κ1) is 22.1. The normalized spacial score (nSPS) is 16.3. The van der Waals surface area contributed by atoms with Gasteiger partial charge in [0.1, 0.15) is 29.1 Å². The van der Waals surface area contributed by atoms with Crippen LogP contribution in [0.5, 0.6) is 0 Å². The van der Waals surface area contributed by atoms with Crippen LogP contribution in [0.25, 0.3) is 5.57 Å². The van der Waals surface area contributed by atoms with Gasteiger partial charge >= 0.3 is 6.09 Å². The molecule has 0 bridgehead atoms. The van der Waals surface area contributed by atoms with Crippen molar-refractivity contribution in [2.75, 3.05) is 0 Å². The summed E-state index contributed by atoms with van der Waals surface area (Å²) < 4.78 is 19.0. The minimum atomic E-state index is -0.695. The van der Waals surface area contributed by atoms with Crippen LogP contribution in [0.4, 0.5) is 9.18 Å². The van der Waals surface area contributed by atoms with E-state index in [1.165, 1.54) is 12.1 Å². The number of carbonyl (C=O) groups excluding carboxylic acids is 1. The van der Waals surface area contributed by atoms with Crippen molar-refractivity contribution in [3.63, 3.8) is 0 Å². The van der Waals surface area contributed by atoms with E-state index < -0.39 is 17.7 Å². The average molecular weight is 417 g/mol. The Morgan fingerprint density at radius 3 is 2.39 bits per heavy atom. The Balaban J connectivity index is 2.12. The lowest BCUT2D eigenvalue weighted by Gasteiger charge is -2.35. The zero-order valence-electron chi connectivity index (χ0n) is 17.8. The number of hydrogen-bond acceptors (Lipinski definition) is 4. The van der Waals surface area contributed by atoms with Gasteiger partial charge in [0.25, 0.3) is 0 Å². The lowest BCUT2D eigenvalue weighted by molar-refractivity contribution is 0.0491. The zero-order valence-corrected chi connectivity index (χ0v) is 17.8. The summed E-state index contributed by atoms with van der Waals surface area (Å²) in [5.74, 6) is -0.749. The van der Waals surface area contributed by atoms with Crippen molar-refractivity contribution < 1.29 is 13.9 Å². The van der Waals surface area contributed by atoms with Gasteiger partial charge in [-0.3, -0.25) is 0 Å². The smallest absolute Gasteiger partial charge is 0.408 e. The molecule has 6 heteroatoms. The summed E-state index contributed by atoms with van der Waals surface area (Å²) >= 11 is 0. The number of ether oxygens (including phenoxy) is 1. The lowest BCUT2D eigenvalue weighted by atomic mass is 9.72. The van der Waals surface area contributed by atoms with Gasteiger partial charge in [-0.2, -0.15) is 10.5 Å². The molecule has 0 heterocycles. The number of nitrogens with zero attached hydrogens (tertiary/aromatic N) is 2. The van der Waals surface area contributed by atoms with Crippen LogP contribution >= 0.6 is 0 Å². The number of allylic oxidation sites excluding steroid dienone is 1. The number of amides is 1. The number of aryl methyl sites for hydroxylation is 1. The van der Waals surface area contributed by atoms with Crippen LogP contribution in [0.2, 0.25) is 0 Å². The van der Waals surface area contributed by atoms with Gasteiger partial charge in [0.2, 0.25) is 0 Å². The summed E-state index contributed by atoms with van der Waals surface area (Å²) in [5.41, 5.74) is 2.46. The number of nitrogens with one attached hydrogen (secondary N) is 1. The fourth-order valence-electron chi connectivity index (χ4n) is 3.98. The molecule has 5 nitrogen and oxygen atoms in total. The Morgan fingerprint density at radius 2 is 1.77 bits per heavy atom. The van der Waals surface area contributed by atoms with E-state index >= 15 is 0 Å². The average Bonchev–Trinajstić information content (AvgIpc) is 2.72. The molecule has 0 spiro atoms. The highest BCUT2D eigenvalue weighted by Gasteiger charge is 2.35. The van der Waals surface area contributed by atoms with Gasteiger partial charge in [-0.05, 0) is 68.0 Å². The maximum Gasteiger partial charge on any atom is 0.408 e. The molecule has 0 aliphatic heterocycles. The van der Waals surface area contributed by atoms with Crippen molar-refractivity contribution >= 4 is 11.7 Å². The number of halogens is 1. The molecule has 1 aliphatic rings. The van der Waals surface area contributed by atoms with Crippen molar-refractivity contribution in [1.29, 1.82) is 10.5 Å². The fourth-order valence-corrected chi connectivity index (χ4v) is 3.98. The van der Waals surface area contributed by atoms with Gasteiger partial charge in [-0.25, -0.2) is 9.18 Å². The van der Waals surface area contributed by atoms with Crippen LogP contribution in [0.3, 0.4) is 0 Å². The van der Waals surface area contributed by atoms with E-state index in [2.05, 4.69) is 5.32 Å².